The zero-order chi connectivity index (χ0) is 14.8. The highest BCUT2D eigenvalue weighted by molar-refractivity contribution is 6.39. The SMILES string of the molecule is CCN(CC(C)(C)O)c1c(Cl)cc([N+](=O)[O-])cc1Cl. The molecule has 0 aliphatic rings. The second-order valence-corrected chi connectivity index (χ2v) is 5.66. The minimum absolute atomic E-state index is 0.155. The molecule has 0 bridgehead atoms. The normalized spacial score (nSPS) is 11.5. The Kier molecular flexibility index (Phi) is 5.01. The molecule has 0 aliphatic heterocycles. The van der Waals surface area contributed by atoms with Crippen molar-refractivity contribution in [2.45, 2.75) is 26.4 Å². The van der Waals surface area contributed by atoms with Crippen LogP contribution in [0, 0.1) is 10.1 Å². The largest absolute Gasteiger partial charge is 0.389 e. The first-order valence-corrected chi connectivity index (χ1v) is 6.52. The van der Waals surface area contributed by atoms with Crippen molar-refractivity contribution in [3.8, 4) is 0 Å². The number of hydrogen-bond donors (Lipinski definition) is 1. The van der Waals surface area contributed by atoms with E-state index in [2.05, 4.69) is 0 Å². The van der Waals surface area contributed by atoms with Gasteiger partial charge in [0.1, 0.15) is 0 Å². The van der Waals surface area contributed by atoms with Crippen molar-refractivity contribution in [1.82, 2.24) is 0 Å². The van der Waals surface area contributed by atoms with E-state index in [1.54, 1.807) is 18.7 Å². The number of anilines is 1. The van der Waals surface area contributed by atoms with Gasteiger partial charge in [0.2, 0.25) is 0 Å². The molecule has 0 aromatic heterocycles. The Bertz CT molecular complexity index is 463. The van der Waals surface area contributed by atoms with E-state index in [1.165, 1.54) is 12.1 Å². The van der Waals surface area contributed by atoms with Gasteiger partial charge < -0.3 is 10.0 Å². The number of likely N-dealkylation sites (N-methyl/N-ethyl adjacent to an activating group) is 1. The summed E-state index contributed by atoms with van der Waals surface area (Å²) in [6.45, 7) is 6.12. The summed E-state index contributed by atoms with van der Waals surface area (Å²) < 4.78 is 0. The van der Waals surface area contributed by atoms with Gasteiger partial charge in [0.15, 0.2) is 0 Å². The topological polar surface area (TPSA) is 66.6 Å². The molecule has 0 atom stereocenters. The quantitative estimate of drug-likeness (QED) is 0.668. The van der Waals surface area contributed by atoms with Crippen molar-refractivity contribution in [3.05, 3.63) is 32.3 Å². The lowest BCUT2D eigenvalue weighted by molar-refractivity contribution is -0.384. The molecule has 0 saturated heterocycles. The molecule has 0 spiro atoms. The van der Waals surface area contributed by atoms with Gasteiger partial charge in [-0.05, 0) is 20.8 Å². The van der Waals surface area contributed by atoms with Gasteiger partial charge in [-0.15, -0.1) is 0 Å². The van der Waals surface area contributed by atoms with Crippen LogP contribution in [-0.4, -0.2) is 28.7 Å². The molecule has 0 radical (unpaired) electrons. The summed E-state index contributed by atoms with van der Waals surface area (Å²) in [6, 6.07) is 2.52. The van der Waals surface area contributed by atoms with Gasteiger partial charge in [-0.25, -0.2) is 0 Å². The summed E-state index contributed by atoms with van der Waals surface area (Å²) in [6.07, 6.45) is 0. The highest BCUT2D eigenvalue weighted by Crippen LogP contribution is 2.37. The first-order chi connectivity index (χ1) is 8.65. The molecule has 1 rings (SSSR count). The Morgan fingerprint density at radius 1 is 1.37 bits per heavy atom. The highest BCUT2D eigenvalue weighted by Gasteiger charge is 2.23. The van der Waals surface area contributed by atoms with Crippen molar-refractivity contribution >= 4 is 34.6 Å². The molecule has 1 aromatic carbocycles. The fourth-order valence-electron chi connectivity index (χ4n) is 1.78. The first-order valence-electron chi connectivity index (χ1n) is 5.76. The van der Waals surface area contributed by atoms with Gasteiger partial charge in [0.25, 0.3) is 5.69 Å². The molecule has 19 heavy (non-hydrogen) atoms. The van der Waals surface area contributed by atoms with Gasteiger partial charge in [0, 0.05) is 25.2 Å². The van der Waals surface area contributed by atoms with E-state index in [0.29, 0.717) is 18.8 Å². The average Bonchev–Trinajstić information content (AvgIpc) is 2.24. The maximum Gasteiger partial charge on any atom is 0.272 e. The summed E-state index contributed by atoms with van der Waals surface area (Å²) >= 11 is 12.1. The van der Waals surface area contributed by atoms with Crippen LogP contribution in [0.15, 0.2) is 12.1 Å². The third kappa shape index (κ3) is 4.23. The van der Waals surface area contributed by atoms with Gasteiger partial charge >= 0.3 is 0 Å². The molecular weight excluding hydrogens is 291 g/mol. The van der Waals surface area contributed by atoms with Gasteiger partial charge in [-0.2, -0.15) is 0 Å². The zero-order valence-corrected chi connectivity index (χ0v) is 12.5. The Morgan fingerprint density at radius 3 is 2.16 bits per heavy atom. The number of halogens is 2. The minimum atomic E-state index is -0.926. The van der Waals surface area contributed by atoms with E-state index in [4.69, 9.17) is 23.2 Å². The smallest absolute Gasteiger partial charge is 0.272 e. The monoisotopic (exact) mass is 306 g/mol. The van der Waals surface area contributed by atoms with Crippen molar-refractivity contribution in [2.24, 2.45) is 0 Å². The number of nitro benzene ring substituents is 1. The molecule has 1 aromatic rings. The Morgan fingerprint density at radius 2 is 1.84 bits per heavy atom. The van der Waals surface area contributed by atoms with Gasteiger partial charge in [-0.1, -0.05) is 23.2 Å². The number of nitrogens with zero attached hydrogens (tertiary/aromatic N) is 2. The van der Waals surface area contributed by atoms with Crippen LogP contribution in [-0.2, 0) is 0 Å². The molecule has 0 unspecified atom stereocenters. The van der Waals surface area contributed by atoms with Crippen LogP contribution in [0.2, 0.25) is 10.0 Å². The number of benzene rings is 1. The molecular formula is C12H16Cl2N2O3. The Balaban J connectivity index is 3.22. The summed E-state index contributed by atoms with van der Waals surface area (Å²) in [4.78, 5) is 12.0. The first kappa shape index (κ1) is 16.0. The van der Waals surface area contributed by atoms with E-state index in [-0.39, 0.29) is 15.7 Å². The maximum atomic E-state index is 10.7. The molecule has 106 valence electrons. The number of aliphatic hydroxyl groups is 1. The van der Waals surface area contributed by atoms with E-state index in [0.717, 1.165) is 0 Å². The average molecular weight is 307 g/mol. The third-order valence-electron chi connectivity index (χ3n) is 2.49. The van der Waals surface area contributed by atoms with Crippen LogP contribution in [0.3, 0.4) is 0 Å². The van der Waals surface area contributed by atoms with E-state index < -0.39 is 10.5 Å². The lowest BCUT2D eigenvalue weighted by Gasteiger charge is -2.31. The Labute approximate surface area is 121 Å². The van der Waals surface area contributed by atoms with Crippen LogP contribution in [0.5, 0.6) is 0 Å². The van der Waals surface area contributed by atoms with Crippen LogP contribution >= 0.6 is 23.2 Å². The fourth-order valence-corrected chi connectivity index (χ4v) is 2.49. The van der Waals surface area contributed by atoms with E-state index in [1.807, 2.05) is 6.92 Å². The number of rotatable bonds is 5. The Hall–Kier alpha value is -1.04. The minimum Gasteiger partial charge on any atom is -0.389 e. The summed E-state index contributed by atoms with van der Waals surface area (Å²) in [7, 11) is 0. The predicted molar refractivity (Wildman–Crippen MR) is 77.3 cm³/mol. The highest BCUT2D eigenvalue weighted by atomic mass is 35.5. The molecule has 5 nitrogen and oxygen atoms in total. The summed E-state index contributed by atoms with van der Waals surface area (Å²) in [5.41, 5.74) is -0.582. The van der Waals surface area contributed by atoms with Crippen molar-refractivity contribution in [1.29, 1.82) is 0 Å². The standard InChI is InChI=1S/C12H16Cl2N2O3/c1-4-15(7-12(2,3)17)11-9(13)5-8(16(18)19)6-10(11)14/h5-6,17H,4,7H2,1-3H3. The molecule has 0 fully saturated rings. The van der Waals surface area contributed by atoms with E-state index in [9.17, 15) is 15.2 Å². The molecule has 0 amide bonds. The van der Waals surface area contributed by atoms with Gasteiger partial charge in [-0.3, -0.25) is 10.1 Å². The van der Waals surface area contributed by atoms with Crippen LogP contribution in [0.25, 0.3) is 0 Å². The predicted octanol–water partition coefficient (Wildman–Crippen LogP) is 3.50. The summed E-state index contributed by atoms with van der Waals surface area (Å²) in [5.74, 6) is 0. The van der Waals surface area contributed by atoms with Crippen molar-refractivity contribution in [2.75, 3.05) is 18.0 Å². The molecule has 1 N–H and O–H groups in total. The van der Waals surface area contributed by atoms with E-state index >= 15 is 0 Å². The molecule has 0 heterocycles. The van der Waals surface area contributed by atoms with Crippen LogP contribution in [0.1, 0.15) is 20.8 Å². The maximum absolute atomic E-state index is 10.7. The lowest BCUT2D eigenvalue weighted by atomic mass is 10.1. The van der Waals surface area contributed by atoms with Crippen molar-refractivity contribution in [3.63, 3.8) is 0 Å². The molecule has 0 aliphatic carbocycles. The molecule has 7 heteroatoms. The second-order valence-electron chi connectivity index (χ2n) is 4.84. The second kappa shape index (κ2) is 5.94. The van der Waals surface area contributed by atoms with Crippen molar-refractivity contribution < 1.29 is 10.0 Å². The lowest BCUT2D eigenvalue weighted by Crippen LogP contribution is -2.38. The number of nitro groups is 1. The number of hydrogen-bond acceptors (Lipinski definition) is 4. The summed E-state index contributed by atoms with van der Waals surface area (Å²) in [5, 5.41) is 21.0. The molecule has 0 saturated carbocycles. The van der Waals surface area contributed by atoms with Gasteiger partial charge in [0.05, 0.1) is 26.3 Å². The van der Waals surface area contributed by atoms with Crippen LogP contribution in [0.4, 0.5) is 11.4 Å². The third-order valence-corrected chi connectivity index (χ3v) is 3.06. The fraction of sp³-hybridized carbons (Fsp3) is 0.500. The number of non-ortho nitro benzene ring substituents is 1. The zero-order valence-electron chi connectivity index (χ0n) is 11.0. The van der Waals surface area contributed by atoms with Crippen LogP contribution < -0.4 is 4.90 Å².